The number of rotatable bonds is 4. The predicted molar refractivity (Wildman–Crippen MR) is 51.4 cm³/mol. The Morgan fingerprint density at radius 3 is 2.77 bits per heavy atom. The van der Waals surface area contributed by atoms with Crippen molar-refractivity contribution in [2.45, 2.75) is 13.8 Å². The molecule has 0 saturated heterocycles. The van der Waals surface area contributed by atoms with Crippen molar-refractivity contribution in [1.29, 1.82) is 0 Å². The molecule has 72 valence electrons. The normalized spacial score (nSPS) is 9.69. The fraction of sp³-hybridized carbons (Fsp3) is 0.444. The van der Waals surface area contributed by atoms with Crippen LogP contribution in [0, 0.1) is 0 Å². The second-order valence-electron chi connectivity index (χ2n) is 2.27. The smallest absolute Gasteiger partial charge is 0.348 e. The molecule has 0 unspecified atom stereocenters. The second-order valence-corrected chi connectivity index (χ2v) is 3.32. The number of esters is 1. The summed E-state index contributed by atoms with van der Waals surface area (Å²) >= 11 is 1.31. The number of carbonyl (C=O) groups is 1. The largest absolute Gasteiger partial charge is 0.484 e. The van der Waals surface area contributed by atoms with Gasteiger partial charge in [0.15, 0.2) is 5.06 Å². The Hall–Kier alpha value is -1.03. The molecule has 1 aromatic heterocycles. The summed E-state index contributed by atoms with van der Waals surface area (Å²) in [6.07, 6.45) is 0. The van der Waals surface area contributed by atoms with Crippen molar-refractivity contribution < 1.29 is 14.3 Å². The van der Waals surface area contributed by atoms with Crippen LogP contribution in [0.25, 0.3) is 0 Å². The van der Waals surface area contributed by atoms with E-state index in [0.29, 0.717) is 18.1 Å². The van der Waals surface area contributed by atoms with Crippen molar-refractivity contribution in [3.8, 4) is 5.06 Å². The third-order valence-electron chi connectivity index (χ3n) is 1.34. The highest BCUT2D eigenvalue weighted by Gasteiger charge is 2.09. The maximum Gasteiger partial charge on any atom is 0.348 e. The number of hydrogen-bond donors (Lipinski definition) is 0. The van der Waals surface area contributed by atoms with Crippen LogP contribution in [0.3, 0.4) is 0 Å². The number of carbonyl (C=O) groups excluding carboxylic acids is 1. The van der Waals surface area contributed by atoms with Crippen molar-refractivity contribution in [3.05, 3.63) is 17.0 Å². The quantitative estimate of drug-likeness (QED) is 0.700. The zero-order valence-electron chi connectivity index (χ0n) is 7.70. The highest BCUT2D eigenvalue weighted by atomic mass is 32.1. The maximum absolute atomic E-state index is 11.2. The summed E-state index contributed by atoms with van der Waals surface area (Å²) < 4.78 is 10.1. The summed E-state index contributed by atoms with van der Waals surface area (Å²) in [6, 6.07) is 3.49. The first-order valence-corrected chi connectivity index (χ1v) is 4.99. The first-order valence-electron chi connectivity index (χ1n) is 4.17. The summed E-state index contributed by atoms with van der Waals surface area (Å²) in [6.45, 7) is 4.71. The molecule has 1 heterocycles. The summed E-state index contributed by atoms with van der Waals surface area (Å²) in [7, 11) is 0. The van der Waals surface area contributed by atoms with Gasteiger partial charge in [-0.3, -0.25) is 0 Å². The van der Waals surface area contributed by atoms with Crippen molar-refractivity contribution in [2.24, 2.45) is 0 Å². The van der Waals surface area contributed by atoms with E-state index in [2.05, 4.69) is 0 Å². The summed E-state index contributed by atoms with van der Waals surface area (Å²) in [5.41, 5.74) is 0. The van der Waals surface area contributed by atoms with E-state index in [0.717, 1.165) is 5.06 Å². The molecule has 0 bridgehead atoms. The zero-order valence-corrected chi connectivity index (χ0v) is 8.52. The number of ether oxygens (including phenoxy) is 2. The standard InChI is InChI=1S/C9H12O3S/c1-3-11-8-6-5-7(13-8)9(10)12-4-2/h5-6H,3-4H2,1-2H3. The van der Waals surface area contributed by atoms with Gasteiger partial charge in [-0.1, -0.05) is 11.3 Å². The Morgan fingerprint density at radius 1 is 1.38 bits per heavy atom. The third kappa shape index (κ3) is 2.73. The van der Waals surface area contributed by atoms with E-state index in [-0.39, 0.29) is 5.97 Å². The molecule has 0 fully saturated rings. The average molecular weight is 200 g/mol. The van der Waals surface area contributed by atoms with Crippen LogP contribution < -0.4 is 4.74 Å². The van der Waals surface area contributed by atoms with Crippen LogP contribution in [0.2, 0.25) is 0 Å². The molecule has 0 aromatic carbocycles. The molecule has 0 aliphatic heterocycles. The molecule has 0 spiro atoms. The van der Waals surface area contributed by atoms with Gasteiger partial charge in [0.05, 0.1) is 13.2 Å². The number of thiophene rings is 1. The first kappa shape index (κ1) is 10.1. The first-order chi connectivity index (χ1) is 6.27. The lowest BCUT2D eigenvalue weighted by atomic mass is 10.5. The van der Waals surface area contributed by atoms with Crippen LogP contribution in [0.1, 0.15) is 23.5 Å². The van der Waals surface area contributed by atoms with Crippen molar-refractivity contribution in [1.82, 2.24) is 0 Å². The lowest BCUT2D eigenvalue weighted by Crippen LogP contribution is -2.01. The van der Waals surface area contributed by atoms with Gasteiger partial charge in [-0.25, -0.2) is 4.79 Å². The van der Waals surface area contributed by atoms with Gasteiger partial charge >= 0.3 is 5.97 Å². The number of hydrogen-bond acceptors (Lipinski definition) is 4. The Morgan fingerprint density at radius 2 is 2.15 bits per heavy atom. The third-order valence-corrected chi connectivity index (χ3v) is 2.32. The van der Waals surface area contributed by atoms with E-state index in [9.17, 15) is 4.79 Å². The van der Waals surface area contributed by atoms with Gasteiger partial charge in [0, 0.05) is 0 Å². The molecule has 0 aliphatic rings. The van der Waals surface area contributed by atoms with Crippen LogP contribution in [0.5, 0.6) is 5.06 Å². The van der Waals surface area contributed by atoms with Crippen LogP contribution in [0.4, 0.5) is 0 Å². The molecule has 0 amide bonds. The van der Waals surface area contributed by atoms with E-state index in [1.54, 1.807) is 19.1 Å². The minimum atomic E-state index is -0.279. The van der Waals surface area contributed by atoms with Gasteiger partial charge in [-0.05, 0) is 26.0 Å². The summed E-state index contributed by atoms with van der Waals surface area (Å²) in [4.78, 5) is 11.8. The van der Waals surface area contributed by atoms with E-state index >= 15 is 0 Å². The van der Waals surface area contributed by atoms with Gasteiger partial charge < -0.3 is 9.47 Å². The topological polar surface area (TPSA) is 35.5 Å². The van der Waals surface area contributed by atoms with Gasteiger partial charge in [0.25, 0.3) is 0 Å². The van der Waals surface area contributed by atoms with Crippen LogP contribution in [-0.2, 0) is 4.74 Å². The molecule has 0 atom stereocenters. The SMILES string of the molecule is CCOC(=O)c1ccc(OCC)s1. The lowest BCUT2D eigenvalue weighted by Gasteiger charge is -1.97. The van der Waals surface area contributed by atoms with Gasteiger partial charge in [-0.15, -0.1) is 0 Å². The molecule has 13 heavy (non-hydrogen) atoms. The Kier molecular flexibility index (Phi) is 3.76. The maximum atomic E-state index is 11.2. The molecule has 0 radical (unpaired) electrons. The van der Waals surface area contributed by atoms with Gasteiger partial charge in [0.2, 0.25) is 0 Å². The van der Waals surface area contributed by atoms with Gasteiger partial charge in [-0.2, -0.15) is 0 Å². The summed E-state index contributed by atoms with van der Waals surface area (Å²) in [5.74, 6) is -0.279. The molecule has 0 aliphatic carbocycles. The highest BCUT2D eigenvalue weighted by molar-refractivity contribution is 7.15. The average Bonchev–Trinajstić information content (AvgIpc) is 2.54. The van der Waals surface area contributed by atoms with Crippen molar-refractivity contribution >= 4 is 17.3 Å². The second kappa shape index (κ2) is 4.87. The Labute approximate surface area is 81.3 Å². The molecule has 4 heteroatoms. The van der Waals surface area contributed by atoms with Crippen molar-refractivity contribution in [3.63, 3.8) is 0 Å². The monoisotopic (exact) mass is 200 g/mol. The molecular formula is C9H12O3S. The molecule has 0 saturated carbocycles. The lowest BCUT2D eigenvalue weighted by molar-refractivity contribution is 0.0532. The van der Waals surface area contributed by atoms with E-state index in [1.165, 1.54) is 11.3 Å². The highest BCUT2D eigenvalue weighted by Crippen LogP contribution is 2.24. The molecule has 3 nitrogen and oxygen atoms in total. The fourth-order valence-corrected chi connectivity index (χ4v) is 1.66. The minimum Gasteiger partial charge on any atom is -0.484 e. The molecule has 1 aromatic rings. The Bertz CT molecular complexity index is 280. The van der Waals surface area contributed by atoms with E-state index in [1.807, 2.05) is 6.92 Å². The van der Waals surface area contributed by atoms with E-state index < -0.39 is 0 Å². The fourth-order valence-electron chi connectivity index (χ4n) is 0.852. The van der Waals surface area contributed by atoms with Crippen LogP contribution >= 0.6 is 11.3 Å². The Balaban J connectivity index is 2.62. The van der Waals surface area contributed by atoms with Crippen LogP contribution in [-0.4, -0.2) is 19.2 Å². The van der Waals surface area contributed by atoms with Gasteiger partial charge in [0.1, 0.15) is 4.88 Å². The molecule has 0 N–H and O–H groups in total. The molecule has 1 rings (SSSR count). The van der Waals surface area contributed by atoms with E-state index in [4.69, 9.17) is 9.47 Å². The van der Waals surface area contributed by atoms with Crippen LogP contribution in [0.15, 0.2) is 12.1 Å². The van der Waals surface area contributed by atoms with Crippen molar-refractivity contribution in [2.75, 3.05) is 13.2 Å². The zero-order chi connectivity index (χ0) is 9.68. The summed E-state index contributed by atoms with van der Waals surface area (Å²) in [5, 5.41) is 0.755. The predicted octanol–water partition coefficient (Wildman–Crippen LogP) is 2.32. The molecular weight excluding hydrogens is 188 g/mol. The minimum absolute atomic E-state index is 0.279.